The predicted octanol–water partition coefficient (Wildman–Crippen LogP) is 2.54. The fraction of sp³-hybridized carbons (Fsp3) is 0.471. The fourth-order valence-corrected chi connectivity index (χ4v) is 3.05. The summed E-state index contributed by atoms with van der Waals surface area (Å²) in [5.74, 6) is 0. The number of aryl methyl sites for hydroxylation is 2. The van der Waals surface area contributed by atoms with Crippen LogP contribution in [0.15, 0.2) is 16.9 Å². The van der Waals surface area contributed by atoms with Crippen LogP contribution in [0.5, 0.6) is 0 Å². The normalized spacial score (nSPS) is 15.7. The molecule has 0 unspecified atom stereocenters. The van der Waals surface area contributed by atoms with E-state index in [4.69, 9.17) is 4.74 Å². The van der Waals surface area contributed by atoms with E-state index in [0.29, 0.717) is 0 Å². The van der Waals surface area contributed by atoms with Gasteiger partial charge in [0.2, 0.25) is 0 Å². The van der Waals surface area contributed by atoms with Crippen molar-refractivity contribution in [3.05, 3.63) is 39.2 Å². The minimum atomic E-state index is 0.152. The molecule has 1 aliphatic rings. The lowest BCUT2D eigenvalue weighted by Gasteiger charge is -2.29. The molecule has 4 heteroatoms. The Morgan fingerprint density at radius 2 is 1.95 bits per heavy atom. The highest BCUT2D eigenvalue weighted by Gasteiger charge is 2.15. The van der Waals surface area contributed by atoms with E-state index in [1.54, 1.807) is 0 Å². The first kappa shape index (κ1) is 14.1. The Balaban J connectivity index is 2.19. The molecule has 0 radical (unpaired) electrons. The van der Waals surface area contributed by atoms with Crippen LogP contribution in [-0.2, 0) is 11.2 Å². The van der Waals surface area contributed by atoms with Crippen molar-refractivity contribution in [2.75, 3.05) is 31.2 Å². The van der Waals surface area contributed by atoms with Gasteiger partial charge in [-0.15, -0.1) is 0 Å². The number of benzene rings is 1. The average Bonchev–Trinajstić information content (AvgIpc) is 2.52. The summed E-state index contributed by atoms with van der Waals surface area (Å²) >= 11 is 0. The molecule has 0 amide bonds. The van der Waals surface area contributed by atoms with Crippen LogP contribution in [-0.4, -0.2) is 31.3 Å². The van der Waals surface area contributed by atoms with Gasteiger partial charge in [0, 0.05) is 35.4 Å². The minimum absolute atomic E-state index is 0.152. The number of fused-ring (bicyclic) bond motifs is 1. The zero-order valence-corrected chi connectivity index (χ0v) is 13.0. The molecule has 0 aliphatic carbocycles. The molecule has 1 saturated heterocycles. The molecule has 112 valence electrons. The number of nitrogens with one attached hydrogen (secondary N) is 1. The summed E-state index contributed by atoms with van der Waals surface area (Å²) in [5.41, 5.74) is 5.25. The molecule has 1 aromatic heterocycles. The highest BCUT2D eigenvalue weighted by Crippen LogP contribution is 2.24. The number of aromatic amines is 1. The van der Waals surface area contributed by atoms with E-state index >= 15 is 0 Å². The third-order valence-electron chi connectivity index (χ3n) is 4.36. The van der Waals surface area contributed by atoms with E-state index in [0.717, 1.165) is 66.1 Å². The van der Waals surface area contributed by atoms with Crippen LogP contribution < -0.4 is 10.3 Å². The molecule has 1 aliphatic heterocycles. The van der Waals surface area contributed by atoms with Crippen LogP contribution in [0.2, 0.25) is 0 Å². The van der Waals surface area contributed by atoms with Gasteiger partial charge < -0.3 is 14.6 Å². The van der Waals surface area contributed by atoms with Gasteiger partial charge in [0.25, 0.3) is 0 Å². The third-order valence-corrected chi connectivity index (χ3v) is 4.36. The molecule has 1 N–H and O–H groups in total. The molecule has 4 nitrogen and oxygen atoms in total. The van der Waals surface area contributed by atoms with Gasteiger partial charge in [-0.25, -0.2) is 0 Å². The zero-order valence-electron chi connectivity index (χ0n) is 13.0. The van der Waals surface area contributed by atoms with Gasteiger partial charge in [-0.2, -0.15) is 0 Å². The molecule has 3 rings (SSSR count). The molecule has 2 heterocycles. The predicted molar refractivity (Wildman–Crippen MR) is 86.5 cm³/mol. The number of rotatable bonds is 2. The number of pyridine rings is 1. The molecule has 1 fully saturated rings. The van der Waals surface area contributed by atoms with Crippen LogP contribution >= 0.6 is 0 Å². The van der Waals surface area contributed by atoms with E-state index in [2.05, 4.69) is 29.8 Å². The molecule has 0 atom stereocenters. The van der Waals surface area contributed by atoms with Gasteiger partial charge in [0.15, 0.2) is 5.43 Å². The van der Waals surface area contributed by atoms with Gasteiger partial charge in [-0.1, -0.05) is 6.92 Å². The minimum Gasteiger partial charge on any atom is -0.378 e. The third kappa shape index (κ3) is 2.44. The summed E-state index contributed by atoms with van der Waals surface area (Å²) in [6, 6.07) is 4.19. The summed E-state index contributed by atoms with van der Waals surface area (Å²) in [7, 11) is 0. The average molecular weight is 286 g/mol. The second-order valence-corrected chi connectivity index (χ2v) is 5.70. The number of ether oxygens (including phenoxy) is 1. The number of anilines is 1. The molecule has 0 saturated carbocycles. The monoisotopic (exact) mass is 286 g/mol. The Bertz CT molecular complexity index is 728. The van der Waals surface area contributed by atoms with Crippen molar-refractivity contribution in [2.45, 2.75) is 27.2 Å². The summed E-state index contributed by atoms with van der Waals surface area (Å²) in [4.78, 5) is 18.4. The first-order chi connectivity index (χ1) is 10.1. The summed E-state index contributed by atoms with van der Waals surface area (Å²) in [6.45, 7) is 9.32. The maximum absolute atomic E-state index is 12.6. The van der Waals surface area contributed by atoms with E-state index in [1.165, 1.54) is 0 Å². The second-order valence-electron chi connectivity index (χ2n) is 5.70. The maximum atomic E-state index is 12.6. The van der Waals surface area contributed by atoms with Crippen molar-refractivity contribution >= 4 is 16.6 Å². The Kier molecular flexibility index (Phi) is 3.72. The van der Waals surface area contributed by atoms with Gasteiger partial charge >= 0.3 is 0 Å². The van der Waals surface area contributed by atoms with E-state index in [1.807, 2.05) is 13.0 Å². The van der Waals surface area contributed by atoms with Crippen LogP contribution in [0.3, 0.4) is 0 Å². The largest absolute Gasteiger partial charge is 0.378 e. The molecule has 21 heavy (non-hydrogen) atoms. The second kappa shape index (κ2) is 5.53. The number of aromatic nitrogens is 1. The van der Waals surface area contributed by atoms with Crippen molar-refractivity contribution in [1.29, 1.82) is 0 Å². The van der Waals surface area contributed by atoms with Gasteiger partial charge in [-0.05, 0) is 38.0 Å². The molecule has 0 bridgehead atoms. The molecule has 1 aromatic carbocycles. The molecular formula is C17H22N2O2. The maximum Gasteiger partial charge on any atom is 0.192 e. The SMILES string of the molecule is CCc1[nH]c2c(C)cc(N3CCOCC3)cc2c(=O)c1C. The summed E-state index contributed by atoms with van der Waals surface area (Å²) < 4.78 is 5.40. The molecular weight excluding hydrogens is 264 g/mol. The standard InChI is InChI=1S/C17H22N2O2/c1-4-15-12(3)17(20)14-10-13(9-11(2)16(14)18-15)19-5-7-21-8-6-19/h9-10H,4-8H2,1-3H3,(H,18,20). The van der Waals surface area contributed by atoms with Crippen molar-refractivity contribution in [3.8, 4) is 0 Å². The lowest BCUT2D eigenvalue weighted by Crippen LogP contribution is -2.36. The highest BCUT2D eigenvalue weighted by atomic mass is 16.5. The van der Waals surface area contributed by atoms with Crippen LogP contribution in [0.25, 0.3) is 10.9 Å². The zero-order chi connectivity index (χ0) is 15.0. The van der Waals surface area contributed by atoms with Crippen molar-refractivity contribution in [1.82, 2.24) is 4.98 Å². The summed E-state index contributed by atoms with van der Waals surface area (Å²) in [6.07, 6.45) is 0.849. The van der Waals surface area contributed by atoms with Crippen molar-refractivity contribution < 1.29 is 4.74 Å². The Morgan fingerprint density at radius 3 is 2.62 bits per heavy atom. The first-order valence-electron chi connectivity index (χ1n) is 7.60. The summed E-state index contributed by atoms with van der Waals surface area (Å²) in [5, 5.41) is 0.797. The lowest BCUT2D eigenvalue weighted by molar-refractivity contribution is 0.122. The van der Waals surface area contributed by atoms with Crippen LogP contribution in [0, 0.1) is 13.8 Å². The fourth-order valence-electron chi connectivity index (χ4n) is 3.05. The van der Waals surface area contributed by atoms with Crippen LogP contribution in [0.1, 0.15) is 23.7 Å². The van der Waals surface area contributed by atoms with E-state index in [-0.39, 0.29) is 5.43 Å². The van der Waals surface area contributed by atoms with E-state index in [9.17, 15) is 4.79 Å². The lowest BCUT2D eigenvalue weighted by atomic mass is 10.0. The van der Waals surface area contributed by atoms with Crippen molar-refractivity contribution in [2.24, 2.45) is 0 Å². The topological polar surface area (TPSA) is 45.3 Å². The first-order valence-corrected chi connectivity index (χ1v) is 7.60. The number of hydrogen-bond acceptors (Lipinski definition) is 3. The Morgan fingerprint density at radius 1 is 1.24 bits per heavy atom. The van der Waals surface area contributed by atoms with Crippen molar-refractivity contribution in [3.63, 3.8) is 0 Å². The van der Waals surface area contributed by atoms with Gasteiger partial charge in [0.05, 0.1) is 18.7 Å². The van der Waals surface area contributed by atoms with E-state index < -0.39 is 0 Å². The molecule has 0 spiro atoms. The number of H-pyrrole nitrogens is 1. The highest BCUT2D eigenvalue weighted by molar-refractivity contribution is 5.86. The quantitative estimate of drug-likeness (QED) is 0.923. The Labute approximate surface area is 124 Å². The number of hydrogen-bond donors (Lipinski definition) is 1. The smallest absolute Gasteiger partial charge is 0.192 e. The molecule has 2 aromatic rings. The van der Waals surface area contributed by atoms with Crippen LogP contribution in [0.4, 0.5) is 5.69 Å². The van der Waals surface area contributed by atoms with Gasteiger partial charge in [-0.3, -0.25) is 4.79 Å². The Hall–Kier alpha value is -1.81. The number of morpholine rings is 1. The van der Waals surface area contributed by atoms with Gasteiger partial charge in [0.1, 0.15) is 0 Å². The number of nitrogens with zero attached hydrogens (tertiary/aromatic N) is 1.